The first kappa shape index (κ1) is 14.3. The summed E-state index contributed by atoms with van der Waals surface area (Å²) in [6, 6.07) is 8.06. The Labute approximate surface area is 125 Å². The van der Waals surface area contributed by atoms with Gasteiger partial charge < -0.3 is 0 Å². The summed E-state index contributed by atoms with van der Waals surface area (Å²) in [4.78, 5) is 3.82. The van der Waals surface area contributed by atoms with Crippen molar-refractivity contribution in [1.82, 2.24) is 4.98 Å². The second-order valence-electron chi connectivity index (χ2n) is 3.89. The van der Waals surface area contributed by atoms with Gasteiger partial charge in [-0.05, 0) is 36.8 Å². The highest BCUT2D eigenvalue weighted by Crippen LogP contribution is 2.23. The molecular formula is C12H10BrClN2O2S. The van der Waals surface area contributed by atoms with E-state index in [1.165, 1.54) is 18.3 Å². The molecule has 0 radical (unpaired) electrons. The molecular weight excluding hydrogens is 352 g/mol. The van der Waals surface area contributed by atoms with Crippen LogP contribution in [0.25, 0.3) is 0 Å². The summed E-state index contributed by atoms with van der Waals surface area (Å²) in [6.07, 6.45) is 1.22. The van der Waals surface area contributed by atoms with Gasteiger partial charge in [0.1, 0.15) is 10.0 Å². The van der Waals surface area contributed by atoms with Crippen LogP contribution in [0.3, 0.4) is 0 Å². The number of nitrogens with one attached hydrogen (secondary N) is 1. The van der Waals surface area contributed by atoms with Crippen molar-refractivity contribution in [1.29, 1.82) is 0 Å². The van der Waals surface area contributed by atoms with E-state index >= 15 is 0 Å². The van der Waals surface area contributed by atoms with Gasteiger partial charge in [0, 0.05) is 16.4 Å². The summed E-state index contributed by atoms with van der Waals surface area (Å²) in [5.74, 6) is 0. The van der Waals surface area contributed by atoms with Crippen molar-refractivity contribution in [2.45, 2.75) is 11.8 Å². The van der Waals surface area contributed by atoms with Crippen LogP contribution in [0.15, 0.2) is 45.9 Å². The van der Waals surface area contributed by atoms with Crippen LogP contribution in [0.2, 0.25) is 5.15 Å². The molecule has 1 heterocycles. The van der Waals surface area contributed by atoms with Gasteiger partial charge in [-0.25, -0.2) is 13.4 Å². The number of rotatable bonds is 3. The van der Waals surface area contributed by atoms with Gasteiger partial charge in [-0.15, -0.1) is 0 Å². The number of nitrogens with zero attached hydrogens (tertiary/aromatic N) is 1. The fourth-order valence-corrected chi connectivity index (χ4v) is 2.88. The lowest BCUT2D eigenvalue weighted by Crippen LogP contribution is -2.13. The number of aromatic nitrogens is 1. The maximum absolute atomic E-state index is 12.1. The molecule has 0 aliphatic carbocycles. The summed E-state index contributed by atoms with van der Waals surface area (Å²) in [5, 5.41) is 0.247. The first-order valence-electron chi connectivity index (χ1n) is 5.29. The van der Waals surface area contributed by atoms with Gasteiger partial charge in [0.05, 0.1) is 0 Å². The Kier molecular flexibility index (Phi) is 4.13. The van der Waals surface area contributed by atoms with Gasteiger partial charge in [-0.2, -0.15) is 0 Å². The molecule has 7 heteroatoms. The highest BCUT2D eigenvalue weighted by atomic mass is 79.9. The van der Waals surface area contributed by atoms with E-state index < -0.39 is 10.0 Å². The number of halogens is 2. The summed E-state index contributed by atoms with van der Waals surface area (Å²) >= 11 is 8.98. The lowest BCUT2D eigenvalue weighted by Gasteiger charge is -2.09. The first-order chi connectivity index (χ1) is 8.88. The monoisotopic (exact) mass is 360 g/mol. The van der Waals surface area contributed by atoms with E-state index in [4.69, 9.17) is 11.6 Å². The molecule has 1 aromatic carbocycles. The molecule has 2 rings (SSSR count). The number of sulfonamides is 1. The minimum absolute atomic E-state index is 0.0635. The lowest BCUT2D eigenvalue weighted by molar-refractivity contribution is 0.601. The van der Waals surface area contributed by atoms with E-state index in [1.807, 2.05) is 13.0 Å². The molecule has 0 aliphatic heterocycles. The van der Waals surface area contributed by atoms with Crippen LogP contribution < -0.4 is 4.72 Å². The van der Waals surface area contributed by atoms with E-state index in [1.54, 1.807) is 12.1 Å². The molecule has 0 saturated heterocycles. The highest BCUT2D eigenvalue weighted by Gasteiger charge is 2.14. The van der Waals surface area contributed by atoms with Crippen molar-refractivity contribution in [2.24, 2.45) is 0 Å². The van der Waals surface area contributed by atoms with Crippen molar-refractivity contribution in [2.75, 3.05) is 4.72 Å². The number of hydrogen-bond donors (Lipinski definition) is 1. The third-order valence-electron chi connectivity index (χ3n) is 2.43. The predicted octanol–water partition coefficient (Wildman–Crippen LogP) is 3.61. The average Bonchev–Trinajstić information content (AvgIpc) is 2.34. The average molecular weight is 362 g/mol. The molecule has 0 atom stereocenters. The topological polar surface area (TPSA) is 59.1 Å². The number of pyridine rings is 1. The Morgan fingerprint density at radius 1 is 1.26 bits per heavy atom. The number of hydrogen-bond acceptors (Lipinski definition) is 3. The summed E-state index contributed by atoms with van der Waals surface area (Å²) in [6.45, 7) is 1.92. The largest absolute Gasteiger partial charge is 0.280 e. The zero-order valence-corrected chi connectivity index (χ0v) is 13.1. The van der Waals surface area contributed by atoms with Crippen LogP contribution in [0.1, 0.15) is 5.56 Å². The Morgan fingerprint density at radius 2 is 2.00 bits per heavy atom. The summed E-state index contributed by atoms with van der Waals surface area (Å²) in [5.41, 5.74) is 1.50. The van der Waals surface area contributed by atoms with Gasteiger partial charge >= 0.3 is 0 Å². The quantitative estimate of drug-likeness (QED) is 0.850. The third-order valence-corrected chi connectivity index (χ3v) is 4.88. The van der Waals surface area contributed by atoms with Crippen LogP contribution in [0.4, 0.5) is 5.69 Å². The Balaban J connectivity index is 2.30. The minimum Gasteiger partial charge on any atom is -0.280 e. The molecule has 1 N–H and O–H groups in total. The molecule has 0 amide bonds. The number of anilines is 1. The van der Waals surface area contributed by atoms with Crippen LogP contribution in [-0.2, 0) is 10.0 Å². The first-order valence-corrected chi connectivity index (χ1v) is 7.94. The van der Waals surface area contributed by atoms with E-state index in [9.17, 15) is 8.42 Å². The fourth-order valence-electron chi connectivity index (χ4n) is 1.39. The van der Waals surface area contributed by atoms with Crippen LogP contribution in [0.5, 0.6) is 0 Å². The molecule has 19 heavy (non-hydrogen) atoms. The second kappa shape index (κ2) is 5.48. The van der Waals surface area contributed by atoms with Gasteiger partial charge in [0.25, 0.3) is 10.0 Å². The summed E-state index contributed by atoms with van der Waals surface area (Å²) < 4.78 is 27.5. The maximum atomic E-state index is 12.1. The maximum Gasteiger partial charge on any atom is 0.263 e. The Morgan fingerprint density at radius 3 is 2.58 bits per heavy atom. The van der Waals surface area contributed by atoms with E-state index in [2.05, 4.69) is 25.6 Å². The zero-order valence-electron chi connectivity index (χ0n) is 9.89. The predicted molar refractivity (Wildman–Crippen MR) is 78.9 cm³/mol. The van der Waals surface area contributed by atoms with E-state index in [0.29, 0.717) is 5.69 Å². The molecule has 2 aromatic rings. The van der Waals surface area contributed by atoms with Gasteiger partial charge in [-0.3, -0.25) is 4.72 Å². The molecule has 1 aromatic heterocycles. The van der Waals surface area contributed by atoms with Crippen LogP contribution in [0, 0.1) is 6.92 Å². The number of aryl methyl sites for hydroxylation is 1. The Bertz CT molecular complexity index is 702. The highest BCUT2D eigenvalue weighted by molar-refractivity contribution is 9.10. The van der Waals surface area contributed by atoms with E-state index in [-0.39, 0.29) is 10.0 Å². The van der Waals surface area contributed by atoms with Gasteiger partial charge in [-0.1, -0.05) is 33.6 Å². The minimum atomic E-state index is -3.65. The van der Waals surface area contributed by atoms with Gasteiger partial charge in [0.2, 0.25) is 0 Å². The third kappa shape index (κ3) is 3.46. The zero-order chi connectivity index (χ0) is 14.0. The fraction of sp³-hybridized carbons (Fsp3) is 0.0833. The molecule has 0 fully saturated rings. The van der Waals surface area contributed by atoms with Crippen molar-refractivity contribution >= 4 is 43.2 Å². The van der Waals surface area contributed by atoms with Gasteiger partial charge in [0.15, 0.2) is 0 Å². The van der Waals surface area contributed by atoms with Crippen LogP contribution in [-0.4, -0.2) is 13.4 Å². The van der Waals surface area contributed by atoms with Crippen molar-refractivity contribution < 1.29 is 8.42 Å². The molecule has 0 saturated carbocycles. The second-order valence-corrected chi connectivity index (χ2v) is 6.81. The Hall–Kier alpha value is -1.11. The normalized spacial score (nSPS) is 11.3. The van der Waals surface area contributed by atoms with Crippen molar-refractivity contribution in [3.05, 3.63) is 51.7 Å². The van der Waals surface area contributed by atoms with Crippen molar-refractivity contribution in [3.8, 4) is 0 Å². The molecule has 0 aliphatic rings. The van der Waals surface area contributed by atoms with E-state index in [0.717, 1.165) is 10.0 Å². The summed E-state index contributed by atoms with van der Waals surface area (Å²) in [7, 11) is -3.65. The van der Waals surface area contributed by atoms with Crippen LogP contribution >= 0.6 is 27.5 Å². The molecule has 0 unspecified atom stereocenters. The SMILES string of the molecule is Cc1ccc(NS(=O)(=O)c2ccc(Cl)nc2)cc1Br. The number of benzene rings is 1. The van der Waals surface area contributed by atoms with Crippen molar-refractivity contribution in [3.63, 3.8) is 0 Å². The molecule has 4 nitrogen and oxygen atoms in total. The molecule has 100 valence electrons. The smallest absolute Gasteiger partial charge is 0.263 e. The lowest BCUT2D eigenvalue weighted by atomic mass is 10.2. The molecule has 0 spiro atoms. The standard InChI is InChI=1S/C12H10BrClN2O2S/c1-8-2-3-9(6-11(8)13)16-19(17,18)10-4-5-12(14)15-7-10/h2-7,16H,1H3. The molecule has 0 bridgehead atoms.